The van der Waals surface area contributed by atoms with Crippen LogP contribution in [0, 0.1) is 6.92 Å². The minimum Gasteiger partial charge on any atom is -0.304 e. The molecule has 0 unspecified atom stereocenters. The van der Waals surface area contributed by atoms with Crippen LogP contribution in [0.4, 0.5) is 0 Å². The van der Waals surface area contributed by atoms with Gasteiger partial charge in [0.05, 0.1) is 16.1 Å². The van der Waals surface area contributed by atoms with Crippen molar-refractivity contribution < 1.29 is 8.42 Å². The van der Waals surface area contributed by atoms with Gasteiger partial charge in [-0.2, -0.15) is 0 Å². The highest BCUT2D eigenvalue weighted by Gasteiger charge is 2.37. The largest absolute Gasteiger partial charge is 0.304 e. The number of rotatable bonds is 2. The summed E-state index contributed by atoms with van der Waals surface area (Å²) in [5.41, 5.74) is 4.60. The fourth-order valence-corrected chi connectivity index (χ4v) is 6.46. The second-order valence-electron chi connectivity index (χ2n) is 7.84. The average molecular weight is 460 g/mol. The zero-order chi connectivity index (χ0) is 19.6. The summed E-state index contributed by atoms with van der Waals surface area (Å²) in [5, 5.41) is 1.01. The Morgan fingerprint density at radius 3 is 2.54 bits per heavy atom. The molecule has 5 rings (SSSR count). The Morgan fingerprint density at radius 1 is 1.04 bits per heavy atom. The van der Waals surface area contributed by atoms with Gasteiger partial charge in [-0.1, -0.05) is 27.6 Å². The number of piperazine rings is 1. The lowest BCUT2D eigenvalue weighted by molar-refractivity contribution is 0.148. The molecule has 2 aliphatic rings. The van der Waals surface area contributed by atoms with Crippen molar-refractivity contribution in [2.45, 2.75) is 18.4 Å². The Kier molecular flexibility index (Phi) is 4.21. The maximum Gasteiger partial charge on any atom is 0.269 e. The van der Waals surface area contributed by atoms with Gasteiger partial charge in [-0.25, -0.2) is 12.4 Å². The normalized spacial score (nSPS) is 19.1. The molecule has 0 aliphatic carbocycles. The van der Waals surface area contributed by atoms with Crippen molar-refractivity contribution >= 4 is 36.9 Å². The van der Waals surface area contributed by atoms with Gasteiger partial charge in [0.25, 0.3) is 10.0 Å². The van der Waals surface area contributed by atoms with E-state index in [0.717, 1.165) is 70.5 Å². The molecule has 3 aromatic rings. The molecule has 28 heavy (non-hydrogen) atoms. The SMILES string of the molecule is Cc1ccc2c(c1)-c1c(CN3CCN(C)CC3)c3cc(Br)ccc3n1S2(=O)=O. The van der Waals surface area contributed by atoms with Gasteiger partial charge in [0.2, 0.25) is 0 Å². The van der Waals surface area contributed by atoms with E-state index in [-0.39, 0.29) is 0 Å². The Balaban J connectivity index is 1.77. The maximum absolute atomic E-state index is 13.4. The molecule has 1 saturated heterocycles. The first-order chi connectivity index (χ1) is 13.4. The van der Waals surface area contributed by atoms with E-state index in [9.17, 15) is 8.42 Å². The zero-order valence-electron chi connectivity index (χ0n) is 15.9. The Labute approximate surface area is 173 Å². The van der Waals surface area contributed by atoms with Crippen LogP contribution in [0.1, 0.15) is 11.1 Å². The molecule has 2 aliphatic heterocycles. The average Bonchev–Trinajstić information content (AvgIpc) is 3.08. The summed E-state index contributed by atoms with van der Waals surface area (Å²) in [6.07, 6.45) is 0. The highest BCUT2D eigenvalue weighted by Crippen LogP contribution is 2.46. The fraction of sp³-hybridized carbons (Fsp3) is 0.333. The van der Waals surface area contributed by atoms with Gasteiger partial charge in [-0.3, -0.25) is 4.90 Å². The minimum atomic E-state index is -3.58. The van der Waals surface area contributed by atoms with E-state index in [2.05, 4.69) is 38.8 Å². The Hall–Kier alpha value is -1.67. The summed E-state index contributed by atoms with van der Waals surface area (Å²) in [4.78, 5) is 5.17. The number of hydrogen-bond acceptors (Lipinski definition) is 4. The second kappa shape index (κ2) is 6.42. The van der Waals surface area contributed by atoms with Crippen molar-refractivity contribution in [3.8, 4) is 11.3 Å². The predicted octanol–water partition coefficient (Wildman–Crippen LogP) is 3.68. The summed E-state index contributed by atoms with van der Waals surface area (Å²) in [5.74, 6) is 0. The number of nitrogens with zero attached hydrogens (tertiary/aromatic N) is 3. The summed E-state index contributed by atoms with van der Waals surface area (Å²) >= 11 is 3.57. The molecule has 146 valence electrons. The molecule has 0 N–H and O–H groups in total. The van der Waals surface area contributed by atoms with Crippen LogP contribution >= 0.6 is 15.9 Å². The topological polar surface area (TPSA) is 45.5 Å². The molecule has 0 radical (unpaired) electrons. The van der Waals surface area contributed by atoms with Crippen LogP contribution in [0.15, 0.2) is 45.8 Å². The first-order valence-electron chi connectivity index (χ1n) is 9.46. The van der Waals surface area contributed by atoms with Crippen LogP contribution < -0.4 is 0 Å². The van der Waals surface area contributed by atoms with Gasteiger partial charge in [-0.15, -0.1) is 0 Å². The van der Waals surface area contributed by atoms with Crippen molar-refractivity contribution in [2.75, 3.05) is 33.2 Å². The van der Waals surface area contributed by atoms with Crippen LogP contribution in [0.5, 0.6) is 0 Å². The van der Waals surface area contributed by atoms with Gasteiger partial charge in [0, 0.05) is 53.7 Å². The predicted molar refractivity (Wildman–Crippen MR) is 115 cm³/mol. The highest BCUT2D eigenvalue weighted by atomic mass is 79.9. The van der Waals surface area contributed by atoms with Gasteiger partial charge in [0.15, 0.2) is 0 Å². The molecule has 0 bridgehead atoms. The van der Waals surface area contributed by atoms with E-state index < -0.39 is 10.0 Å². The quantitative estimate of drug-likeness (QED) is 0.458. The van der Waals surface area contributed by atoms with Crippen LogP contribution in [0.3, 0.4) is 0 Å². The van der Waals surface area contributed by atoms with E-state index >= 15 is 0 Å². The Morgan fingerprint density at radius 2 is 1.79 bits per heavy atom. The standard InChI is InChI=1S/C21H22BrN3O2S/c1-14-3-6-20-17(11-14)21-18(13-24-9-7-23(2)8-10-24)16-12-15(22)4-5-19(16)25(21)28(20,26)27/h3-6,11-12H,7-10,13H2,1-2H3. The molecule has 1 aromatic heterocycles. The molecule has 0 saturated carbocycles. The van der Waals surface area contributed by atoms with Crippen LogP contribution in [0.25, 0.3) is 22.2 Å². The van der Waals surface area contributed by atoms with E-state index in [0.29, 0.717) is 4.90 Å². The third kappa shape index (κ3) is 2.68. The van der Waals surface area contributed by atoms with E-state index in [1.165, 1.54) is 0 Å². The summed E-state index contributed by atoms with van der Waals surface area (Å²) in [6.45, 7) is 6.81. The number of halogens is 1. The summed E-state index contributed by atoms with van der Waals surface area (Å²) in [6, 6.07) is 11.5. The van der Waals surface area contributed by atoms with Crippen molar-refractivity contribution in [1.82, 2.24) is 13.8 Å². The summed E-state index contributed by atoms with van der Waals surface area (Å²) < 4.78 is 29.3. The van der Waals surface area contributed by atoms with Crippen molar-refractivity contribution in [2.24, 2.45) is 0 Å². The van der Waals surface area contributed by atoms with E-state index in [1.54, 1.807) is 10.0 Å². The smallest absolute Gasteiger partial charge is 0.269 e. The molecular formula is C21H22BrN3O2S. The van der Waals surface area contributed by atoms with Crippen LogP contribution in [0.2, 0.25) is 0 Å². The molecular weight excluding hydrogens is 438 g/mol. The lowest BCUT2D eigenvalue weighted by atomic mass is 10.0. The highest BCUT2D eigenvalue weighted by molar-refractivity contribution is 9.10. The van der Waals surface area contributed by atoms with Crippen LogP contribution in [-0.4, -0.2) is 55.4 Å². The van der Waals surface area contributed by atoms with Crippen LogP contribution in [-0.2, 0) is 16.6 Å². The lowest BCUT2D eigenvalue weighted by Gasteiger charge is -2.32. The fourth-order valence-electron chi connectivity index (χ4n) is 4.36. The third-order valence-corrected chi connectivity index (χ3v) is 8.14. The number of fused-ring (bicyclic) bond motifs is 5. The second-order valence-corrected chi connectivity index (χ2v) is 10.5. The van der Waals surface area contributed by atoms with E-state index in [1.807, 2.05) is 31.2 Å². The van der Waals surface area contributed by atoms with Crippen molar-refractivity contribution in [3.63, 3.8) is 0 Å². The van der Waals surface area contributed by atoms with Gasteiger partial charge >= 0.3 is 0 Å². The molecule has 7 heteroatoms. The van der Waals surface area contributed by atoms with Gasteiger partial charge < -0.3 is 4.90 Å². The first-order valence-corrected chi connectivity index (χ1v) is 11.7. The van der Waals surface area contributed by atoms with Gasteiger partial charge in [0.1, 0.15) is 0 Å². The van der Waals surface area contributed by atoms with E-state index in [4.69, 9.17) is 0 Å². The third-order valence-electron chi connectivity index (χ3n) is 5.88. The molecule has 0 spiro atoms. The number of aryl methyl sites for hydroxylation is 1. The number of likely N-dealkylation sites (N-methyl/N-ethyl adjacent to an activating group) is 1. The molecule has 2 aromatic carbocycles. The number of benzene rings is 2. The van der Waals surface area contributed by atoms with Crippen molar-refractivity contribution in [3.05, 3.63) is 52.0 Å². The molecule has 0 atom stereocenters. The molecule has 5 nitrogen and oxygen atoms in total. The van der Waals surface area contributed by atoms with Crippen molar-refractivity contribution in [1.29, 1.82) is 0 Å². The number of hydrogen-bond donors (Lipinski definition) is 0. The molecule has 0 amide bonds. The monoisotopic (exact) mass is 459 g/mol. The zero-order valence-corrected chi connectivity index (χ0v) is 18.3. The Bertz CT molecular complexity index is 1210. The first kappa shape index (κ1) is 18.4. The summed E-state index contributed by atoms with van der Waals surface area (Å²) in [7, 11) is -1.43. The molecule has 3 heterocycles. The lowest BCUT2D eigenvalue weighted by Crippen LogP contribution is -2.43. The molecule has 1 fully saturated rings. The van der Waals surface area contributed by atoms with Gasteiger partial charge in [-0.05, 0) is 44.3 Å². The maximum atomic E-state index is 13.4. The number of aromatic nitrogens is 1. The minimum absolute atomic E-state index is 0.414.